The van der Waals surface area contributed by atoms with Gasteiger partial charge in [0.25, 0.3) is 5.91 Å². The smallest absolute Gasteiger partial charge is 0.274 e. The fraction of sp³-hybridized carbons (Fsp3) is 0.0526. The average molecular weight is 378 g/mol. The second kappa shape index (κ2) is 7.05. The molecule has 0 saturated heterocycles. The number of fused-ring (bicyclic) bond motifs is 1. The molecule has 0 fully saturated rings. The van der Waals surface area contributed by atoms with Crippen LogP contribution >= 0.6 is 0 Å². The molecule has 3 N–H and O–H groups in total. The van der Waals surface area contributed by atoms with E-state index in [1.165, 1.54) is 17.6 Å². The van der Waals surface area contributed by atoms with Crippen molar-refractivity contribution in [3.63, 3.8) is 0 Å². The van der Waals surface area contributed by atoms with Crippen molar-refractivity contribution in [1.29, 1.82) is 0 Å². The Balaban J connectivity index is 1.68. The first-order chi connectivity index (χ1) is 13.6. The largest absolute Gasteiger partial charge is 0.322 e. The van der Waals surface area contributed by atoms with Crippen molar-refractivity contribution >= 4 is 23.2 Å². The monoisotopic (exact) mass is 378 g/mol. The summed E-state index contributed by atoms with van der Waals surface area (Å²) in [5.74, 6) is -1.28. The highest BCUT2D eigenvalue weighted by Crippen LogP contribution is 2.25. The molecule has 1 amide bonds. The molecule has 8 nitrogen and oxygen atoms in total. The fourth-order valence-electron chi connectivity index (χ4n) is 2.92. The lowest BCUT2D eigenvalue weighted by molar-refractivity contribution is 0.0706. The number of nitrogens with zero attached hydrogens (tertiary/aromatic N) is 4. The summed E-state index contributed by atoms with van der Waals surface area (Å²) >= 11 is 0. The first kappa shape index (κ1) is 17.6. The van der Waals surface area contributed by atoms with Crippen LogP contribution < -0.4 is 10.8 Å². The Morgan fingerprint density at radius 2 is 2.04 bits per heavy atom. The number of aryl methyl sites for hydroxylation is 1. The van der Waals surface area contributed by atoms with E-state index in [4.69, 9.17) is 5.21 Å². The molecule has 1 aromatic carbocycles. The minimum Gasteiger partial charge on any atom is -0.322 e. The maximum atomic E-state index is 14.3. The van der Waals surface area contributed by atoms with Crippen LogP contribution in [0, 0.1) is 12.7 Å². The fourth-order valence-corrected chi connectivity index (χ4v) is 2.92. The van der Waals surface area contributed by atoms with Crippen LogP contribution in [0.1, 0.15) is 16.1 Å². The lowest BCUT2D eigenvalue weighted by atomic mass is 10.2. The van der Waals surface area contributed by atoms with E-state index in [0.29, 0.717) is 5.69 Å². The summed E-state index contributed by atoms with van der Waals surface area (Å²) in [6, 6.07) is 11.2. The Bertz CT molecular complexity index is 1190. The van der Waals surface area contributed by atoms with Crippen molar-refractivity contribution in [1.82, 2.24) is 24.8 Å². The van der Waals surface area contributed by atoms with Crippen molar-refractivity contribution in [2.45, 2.75) is 6.92 Å². The van der Waals surface area contributed by atoms with Gasteiger partial charge < -0.3 is 5.32 Å². The summed E-state index contributed by atoms with van der Waals surface area (Å²) in [4.78, 5) is 24.5. The number of amides is 1. The molecule has 28 heavy (non-hydrogen) atoms. The Kier molecular flexibility index (Phi) is 4.42. The first-order valence-electron chi connectivity index (χ1n) is 8.35. The molecule has 0 atom stereocenters. The average Bonchev–Trinajstić information content (AvgIpc) is 3.04. The SMILES string of the molecule is Cc1nc2ccccn2c1-c1ccnc(Nc2ccc(C(=O)NO)cc2F)n1. The minimum atomic E-state index is -0.799. The zero-order chi connectivity index (χ0) is 19.7. The van der Waals surface area contributed by atoms with E-state index in [1.807, 2.05) is 35.7 Å². The van der Waals surface area contributed by atoms with Crippen LogP contribution in [-0.2, 0) is 0 Å². The number of hydrogen-bond acceptors (Lipinski definition) is 6. The van der Waals surface area contributed by atoms with Gasteiger partial charge in [-0.25, -0.2) is 24.8 Å². The Morgan fingerprint density at radius 3 is 2.82 bits per heavy atom. The van der Waals surface area contributed by atoms with Crippen LogP contribution in [-0.4, -0.2) is 30.5 Å². The molecule has 3 heterocycles. The highest BCUT2D eigenvalue weighted by Gasteiger charge is 2.14. The second-order valence-electron chi connectivity index (χ2n) is 6.00. The summed E-state index contributed by atoms with van der Waals surface area (Å²) < 4.78 is 16.2. The minimum absolute atomic E-state index is 0.0124. The summed E-state index contributed by atoms with van der Waals surface area (Å²) in [6.07, 6.45) is 3.46. The first-order valence-corrected chi connectivity index (χ1v) is 8.35. The maximum absolute atomic E-state index is 14.3. The highest BCUT2D eigenvalue weighted by atomic mass is 19.1. The predicted molar refractivity (Wildman–Crippen MR) is 99.9 cm³/mol. The second-order valence-corrected chi connectivity index (χ2v) is 6.00. The van der Waals surface area contributed by atoms with Crippen LogP contribution in [0.15, 0.2) is 54.9 Å². The molecule has 0 aliphatic heterocycles. The van der Waals surface area contributed by atoms with E-state index in [9.17, 15) is 9.18 Å². The van der Waals surface area contributed by atoms with Crippen LogP contribution in [0.2, 0.25) is 0 Å². The molecule has 140 valence electrons. The Hall–Kier alpha value is -3.85. The van der Waals surface area contributed by atoms with Gasteiger partial charge in [-0.05, 0) is 43.3 Å². The van der Waals surface area contributed by atoms with Gasteiger partial charge in [0.15, 0.2) is 0 Å². The number of hydroxylamine groups is 1. The lowest BCUT2D eigenvalue weighted by Crippen LogP contribution is -2.18. The van der Waals surface area contributed by atoms with Crippen molar-refractivity contribution in [2.75, 3.05) is 5.32 Å². The van der Waals surface area contributed by atoms with Crippen molar-refractivity contribution in [3.8, 4) is 11.4 Å². The molecular formula is C19H15FN6O2. The molecule has 0 bridgehead atoms. The number of anilines is 2. The molecule has 3 aromatic heterocycles. The van der Waals surface area contributed by atoms with Gasteiger partial charge >= 0.3 is 0 Å². The van der Waals surface area contributed by atoms with Gasteiger partial charge in [-0.15, -0.1) is 0 Å². The van der Waals surface area contributed by atoms with Gasteiger partial charge in [-0.3, -0.25) is 14.4 Å². The summed E-state index contributed by atoms with van der Waals surface area (Å²) in [6.45, 7) is 1.89. The molecule has 0 aliphatic rings. The molecule has 4 aromatic rings. The Morgan fingerprint density at radius 1 is 1.18 bits per heavy atom. The number of carbonyl (C=O) groups excluding carboxylic acids is 1. The standard InChI is InChI=1S/C19H15FN6O2/c1-11-17(26-9-3-2-4-16(26)22-11)15-7-8-21-19(24-15)23-14-6-5-12(10-13(14)20)18(27)25-28/h2-10,28H,1H3,(H,25,27)(H,21,23,24). The van der Waals surface area contributed by atoms with Gasteiger partial charge in [0, 0.05) is 18.0 Å². The molecule has 9 heteroatoms. The molecule has 0 aliphatic carbocycles. The van der Waals surface area contributed by atoms with Gasteiger partial charge in [0.1, 0.15) is 11.5 Å². The van der Waals surface area contributed by atoms with Crippen LogP contribution in [0.5, 0.6) is 0 Å². The van der Waals surface area contributed by atoms with Crippen LogP contribution in [0.4, 0.5) is 16.0 Å². The van der Waals surface area contributed by atoms with Crippen molar-refractivity contribution in [2.24, 2.45) is 0 Å². The molecule has 4 rings (SSSR count). The topological polar surface area (TPSA) is 104 Å². The van der Waals surface area contributed by atoms with Crippen molar-refractivity contribution in [3.05, 3.63) is 71.9 Å². The summed E-state index contributed by atoms with van der Waals surface area (Å²) in [5, 5.41) is 11.4. The van der Waals surface area contributed by atoms with Gasteiger partial charge in [-0.2, -0.15) is 0 Å². The number of rotatable bonds is 4. The Labute approximate surface area is 158 Å². The van der Waals surface area contributed by atoms with Crippen LogP contribution in [0.25, 0.3) is 17.0 Å². The van der Waals surface area contributed by atoms with Gasteiger partial charge in [0.05, 0.1) is 22.8 Å². The summed E-state index contributed by atoms with van der Waals surface area (Å²) in [7, 11) is 0. The van der Waals surface area contributed by atoms with Gasteiger partial charge in [-0.1, -0.05) is 6.07 Å². The van der Waals surface area contributed by atoms with E-state index in [1.54, 1.807) is 12.3 Å². The number of benzene rings is 1. The van der Waals surface area contributed by atoms with Gasteiger partial charge in [0.2, 0.25) is 5.95 Å². The molecular weight excluding hydrogens is 363 g/mol. The van der Waals surface area contributed by atoms with E-state index in [2.05, 4.69) is 20.3 Å². The zero-order valence-corrected chi connectivity index (χ0v) is 14.7. The quantitative estimate of drug-likeness (QED) is 0.372. The van der Waals surface area contributed by atoms with E-state index >= 15 is 0 Å². The normalized spacial score (nSPS) is 10.8. The number of carbonyl (C=O) groups is 1. The third-order valence-electron chi connectivity index (χ3n) is 4.18. The molecule has 0 spiro atoms. The number of hydrogen-bond donors (Lipinski definition) is 3. The predicted octanol–water partition coefficient (Wildman–Crippen LogP) is 3.10. The number of imidazole rings is 1. The maximum Gasteiger partial charge on any atom is 0.274 e. The number of nitrogens with one attached hydrogen (secondary N) is 2. The zero-order valence-electron chi connectivity index (χ0n) is 14.7. The summed E-state index contributed by atoms with van der Waals surface area (Å²) in [5.41, 5.74) is 4.60. The number of aromatic nitrogens is 4. The van der Waals surface area contributed by atoms with Crippen LogP contribution in [0.3, 0.4) is 0 Å². The van der Waals surface area contributed by atoms with E-state index in [0.717, 1.165) is 23.1 Å². The third kappa shape index (κ3) is 3.14. The van der Waals surface area contributed by atoms with E-state index in [-0.39, 0.29) is 17.2 Å². The number of pyridine rings is 1. The van der Waals surface area contributed by atoms with Crippen molar-refractivity contribution < 1.29 is 14.4 Å². The number of halogens is 1. The molecule has 0 unspecified atom stereocenters. The van der Waals surface area contributed by atoms with E-state index < -0.39 is 11.7 Å². The lowest BCUT2D eigenvalue weighted by Gasteiger charge is -2.09. The molecule has 0 saturated carbocycles. The molecule has 0 radical (unpaired) electrons. The third-order valence-corrected chi connectivity index (χ3v) is 4.18. The highest BCUT2D eigenvalue weighted by molar-refractivity contribution is 5.93.